The van der Waals surface area contributed by atoms with Gasteiger partial charge < -0.3 is 5.32 Å². The lowest BCUT2D eigenvalue weighted by molar-refractivity contribution is 0.686. The van der Waals surface area contributed by atoms with Crippen molar-refractivity contribution in [3.63, 3.8) is 0 Å². The molecule has 70 valence electrons. The van der Waals surface area contributed by atoms with Gasteiger partial charge in [0.1, 0.15) is 0 Å². The van der Waals surface area contributed by atoms with E-state index in [9.17, 15) is 0 Å². The Morgan fingerprint density at radius 3 is 3.08 bits per heavy atom. The second kappa shape index (κ2) is 3.88. The summed E-state index contributed by atoms with van der Waals surface area (Å²) < 4.78 is 0. The molecule has 2 rings (SSSR count). The Morgan fingerprint density at radius 1 is 1.54 bits per heavy atom. The zero-order valence-corrected chi connectivity index (χ0v) is 8.09. The predicted octanol–water partition coefficient (Wildman–Crippen LogP) is 1.90. The molecule has 1 aliphatic carbocycles. The maximum Gasteiger partial charge on any atom is 0.0404 e. The molecule has 1 heterocycles. The number of aryl methyl sites for hydroxylation is 1. The molecule has 0 atom stereocenters. The van der Waals surface area contributed by atoms with E-state index in [1.54, 1.807) is 0 Å². The van der Waals surface area contributed by atoms with Gasteiger partial charge in [0, 0.05) is 24.5 Å². The molecule has 2 nitrogen and oxygen atoms in total. The van der Waals surface area contributed by atoms with Crippen LogP contribution in [0.3, 0.4) is 0 Å². The highest BCUT2D eigenvalue weighted by molar-refractivity contribution is 5.16. The number of hydrogen-bond donors (Lipinski definition) is 1. The molecule has 1 N–H and O–H groups in total. The standard InChI is InChI=1S/C11H16N2/c1-2-10-7-9(5-6-12-10)8-13-11-3-4-11/h5-7,11,13H,2-4,8H2,1H3. The summed E-state index contributed by atoms with van der Waals surface area (Å²) >= 11 is 0. The Labute approximate surface area is 79.4 Å². The average molecular weight is 176 g/mol. The van der Waals surface area contributed by atoms with Crippen LogP contribution in [0, 0.1) is 0 Å². The molecule has 1 fully saturated rings. The molecule has 0 unspecified atom stereocenters. The summed E-state index contributed by atoms with van der Waals surface area (Å²) in [5, 5.41) is 3.50. The van der Waals surface area contributed by atoms with Crippen molar-refractivity contribution in [2.24, 2.45) is 0 Å². The van der Waals surface area contributed by atoms with Crippen molar-refractivity contribution in [2.45, 2.75) is 38.8 Å². The third-order valence-corrected chi connectivity index (χ3v) is 2.42. The first-order chi connectivity index (χ1) is 6.38. The Morgan fingerprint density at radius 2 is 2.38 bits per heavy atom. The number of nitrogens with zero attached hydrogens (tertiary/aromatic N) is 1. The fourth-order valence-corrected chi connectivity index (χ4v) is 1.38. The minimum absolute atomic E-state index is 0.790. The molecule has 1 aromatic heterocycles. The van der Waals surface area contributed by atoms with Crippen LogP contribution in [0.25, 0.3) is 0 Å². The molecule has 13 heavy (non-hydrogen) atoms. The van der Waals surface area contributed by atoms with Gasteiger partial charge in [-0.1, -0.05) is 6.92 Å². The minimum atomic E-state index is 0.790. The van der Waals surface area contributed by atoms with E-state index >= 15 is 0 Å². The van der Waals surface area contributed by atoms with Crippen molar-refractivity contribution in [3.8, 4) is 0 Å². The van der Waals surface area contributed by atoms with Gasteiger partial charge in [0.05, 0.1) is 0 Å². The van der Waals surface area contributed by atoms with E-state index in [4.69, 9.17) is 0 Å². The summed E-state index contributed by atoms with van der Waals surface area (Å²) in [6, 6.07) is 5.07. The van der Waals surface area contributed by atoms with Crippen molar-refractivity contribution >= 4 is 0 Å². The van der Waals surface area contributed by atoms with E-state index in [0.29, 0.717) is 0 Å². The number of aromatic nitrogens is 1. The van der Waals surface area contributed by atoms with Crippen molar-refractivity contribution in [1.29, 1.82) is 0 Å². The lowest BCUT2D eigenvalue weighted by Crippen LogP contribution is -2.15. The lowest BCUT2D eigenvalue weighted by atomic mass is 10.2. The smallest absolute Gasteiger partial charge is 0.0404 e. The van der Waals surface area contributed by atoms with Crippen LogP contribution in [0.2, 0.25) is 0 Å². The van der Waals surface area contributed by atoms with E-state index in [2.05, 4.69) is 29.4 Å². The zero-order chi connectivity index (χ0) is 9.10. The number of rotatable bonds is 4. The Bertz CT molecular complexity index is 279. The third-order valence-electron chi connectivity index (χ3n) is 2.42. The van der Waals surface area contributed by atoms with Gasteiger partial charge >= 0.3 is 0 Å². The fourth-order valence-electron chi connectivity index (χ4n) is 1.38. The number of pyridine rings is 1. The van der Waals surface area contributed by atoms with Crippen LogP contribution in [-0.2, 0) is 13.0 Å². The van der Waals surface area contributed by atoms with Crippen molar-refractivity contribution in [3.05, 3.63) is 29.6 Å². The third kappa shape index (κ3) is 2.52. The van der Waals surface area contributed by atoms with Crippen LogP contribution >= 0.6 is 0 Å². The predicted molar refractivity (Wildman–Crippen MR) is 53.5 cm³/mol. The summed E-state index contributed by atoms with van der Waals surface area (Å²) in [7, 11) is 0. The molecule has 0 bridgehead atoms. The van der Waals surface area contributed by atoms with E-state index in [1.165, 1.54) is 24.1 Å². The van der Waals surface area contributed by atoms with Crippen LogP contribution in [0.5, 0.6) is 0 Å². The molecule has 0 aliphatic heterocycles. The number of nitrogens with one attached hydrogen (secondary N) is 1. The van der Waals surface area contributed by atoms with Crippen LogP contribution in [0.1, 0.15) is 31.0 Å². The topological polar surface area (TPSA) is 24.9 Å². The quantitative estimate of drug-likeness (QED) is 0.758. The monoisotopic (exact) mass is 176 g/mol. The molecule has 2 heteroatoms. The molecule has 0 spiro atoms. The summed E-state index contributed by atoms with van der Waals surface area (Å²) in [6.07, 6.45) is 5.64. The molecular weight excluding hydrogens is 160 g/mol. The van der Waals surface area contributed by atoms with Gasteiger partial charge in [-0.2, -0.15) is 0 Å². The first-order valence-corrected chi connectivity index (χ1v) is 5.05. The van der Waals surface area contributed by atoms with Gasteiger partial charge in [0.25, 0.3) is 0 Å². The molecule has 1 aromatic rings. The van der Waals surface area contributed by atoms with Gasteiger partial charge in [0.15, 0.2) is 0 Å². The first-order valence-electron chi connectivity index (χ1n) is 5.05. The Balaban J connectivity index is 1.93. The van der Waals surface area contributed by atoms with Crippen molar-refractivity contribution in [2.75, 3.05) is 0 Å². The molecular formula is C11H16N2. The highest BCUT2D eigenvalue weighted by Crippen LogP contribution is 2.19. The van der Waals surface area contributed by atoms with Crippen LogP contribution in [-0.4, -0.2) is 11.0 Å². The Kier molecular flexibility index (Phi) is 2.60. The Hall–Kier alpha value is -0.890. The maximum absolute atomic E-state index is 4.27. The van der Waals surface area contributed by atoms with Gasteiger partial charge in [-0.15, -0.1) is 0 Å². The second-order valence-electron chi connectivity index (χ2n) is 3.66. The second-order valence-corrected chi connectivity index (χ2v) is 3.66. The van der Waals surface area contributed by atoms with Crippen molar-refractivity contribution < 1.29 is 0 Å². The van der Waals surface area contributed by atoms with Gasteiger partial charge in [0.2, 0.25) is 0 Å². The van der Waals surface area contributed by atoms with E-state index in [0.717, 1.165) is 19.0 Å². The van der Waals surface area contributed by atoms with Gasteiger partial charge in [-0.05, 0) is 37.0 Å². The summed E-state index contributed by atoms with van der Waals surface area (Å²) in [6.45, 7) is 3.14. The van der Waals surface area contributed by atoms with Crippen molar-refractivity contribution in [1.82, 2.24) is 10.3 Å². The lowest BCUT2D eigenvalue weighted by Gasteiger charge is -2.03. The highest BCUT2D eigenvalue weighted by atomic mass is 14.9. The van der Waals surface area contributed by atoms with Gasteiger partial charge in [-0.25, -0.2) is 0 Å². The minimum Gasteiger partial charge on any atom is -0.310 e. The fraction of sp³-hybridized carbons (Fsp3) is 0.545. The largest absolute Gasteiger partial charge is 0.310 e. The molecule has 0 saturated heterocycles. The molecule has 0 amide bonds. The molecule has 0 aromatic carbocycles. The number of hydrogen-bond acceptors (Lipinski definition) is 2. The SMILES string of the molecule is CCc1cc(CNC2CC2)ccn1. The van der Waals surface area contributed by atoms with E-state index in [1.807, 2.05) is 6.20 Å². The van der Waals surface area contributed by atoms with E-state index in [-0.39, 0.29) is 0 Å². The van der Waals surface area contributed by atoms with Crippen LogP contribution < -0.4 is 5.32 Å². The molecule has 0 radical (unpaired) electrons. The summed E-state index contributed by atoms with van der Waals surface area (Å²) in [5.74, 6) is 0. The average Bonchev–Trinajstić information content (AvgIpc) is 2.99. The summed E-state index contributed by atoms with van der Waals surface area (Å²) in [5.41, 5.74) is 2.55. The summed E-state index contributed by atoms with van der Waals surface area (Å²) in [4.78, 5) is 4.27. The normalized spacial score (nSPS) is 16.1. The zero-order valence-electron chi connectivity index (χ0n) is 8.09. The highest BCUT2D eigenvalue weighted by Gasteiger charge is 2.19. The van der Waals surface area contributed by atoms with E-state index < -0.39 is 0 Å². The molecule has 1 saturated carbocycles. The van der Waals surface area contributed by atoms with Crippen LogP contribution in [0.15, 0.2) is 18.3 Å². The molecule has 1 aliphatic rings. The van der Waals surface area contributed by atoms with Gasteiger partial charge in [-0.3, -0.25) is 4.98 Å². The maximum atomic E-state index is 4.27. The van der Waals surface area contributed by atoms with Crippen LogP contribution in [0.4, 0.5) is 0 Å². The first kappa shape index (κ1) is 8.70.